The molecule has 0 aromatic carbocycles. The van der Waals surface area contributed by atoms with Gasteiger partial charge in [-0.3, -0.25) is 9.11 Å². The Labute approximate surface area is 69.1 Å². The van der Waals surface area contributed by atoms with Crippen LogP contribution >= 0.6 is 10.6 Å². The van der Waals surface area contributed by atoms with Crippen LogP contribution in [0.15, 0.2) is 0 Å². The molecule has 4 nitrogen and oxygen atoms in total. The molecule has 0 amide bonds. The molecule has 1 aliphatic heterocycles. The zero-order valence-corrected chi connectivity index (χ0v) is 7.84. The summed E-state index contributed by atoms with van der Waals surface area (Å²) in [6, 6.07) is 0. The maximum absolute atomic E-state index is 9.38. The first-order valence-electron chi connectivity index (χ1n) is 3.67. The van der Waals surface area contributed by atoms with Gasteiger partial charge in [-0.1, -0.05) is 0 Å². The predicted molar refractivity (Wildman–Crippen MR) is 47.8 cm³/mol. The summed E-state index contributed by atoms with van der Waals surface area (Å²) in [5, 5.41) is 4.03. The molecule has 1 saturated heterocycles. The average Bonchev–Trinajstić information content (AvgIpc) is 2.03. The first-order valence-corrected chi connectivity index (χ1v) is 5.55. The molecule has 0 saturated carbocycles. The lowest BCUT2D eigenvalue weighted by Crippen LogP contribution is -2.37. The molecule has 0 unspecified atom stereocenters. The van der Waals surface area contributed by atoms with E-state index in [-0.39, 0.29) is 0 Å². The molecule has 0 radical (unpaired) electrons. The van der Waals surface area contributed by atoms with E-state index < -0.39 is 10.6 Å². The van der Waals surface area contributed by atoms with Gasteiger partial charge in [0.25, 0.3) is 0 Å². The highest BCUT2D eigenvalue weighted by molar-refractivity contribution is 8.24. The van der Waals surface area contributed by atoms with Crippen LogP contribution in [-0.2, 0) is 0 Å². The van der Waals surface area contributed by atoms with Crippen molar-refractivity contribution in [3.8, 4) is 0 Å². The number of hydrazine groups is 1. The van der Waals surface area contributed by atoms with Crippen LogP contribution in [0, 0.1) is 0 Å². The normalized spacial score (nSPS) is 31.3. The Hall–Kier alpha value is 0.190. The Morgan fingerprint density at radius 1 is 1.00 bits per heavy atom. The molecule has 0 atom stereocenters. The second-order valence-electron chi connectivity index (χ2n) is 2.97. The van der Waals surface area contributed by atoms with Gasteiger partial charge in [-0.25, -0.2) is 10.0 Å². The molecule has 0 bridgehead atoms. The predicted octanol–water partition coefficient (Wildman–Crippen LogP) is 0.529. The van der Waals surface area contributed by atoms with Crippen molar-refractivity contribution >= 4 is 10.6 Å². The van der Waals surface area contributed by atoms with Crippen molar-refractivity contribution in [2.75, 3.05) is 38.7 Å². The summed E-state index contributed by atoms with van der Waals surface area (Å²) >= 11 is 0. The van der Waals surface area contributed by atoms with Gasteiger partial charge in [0.15, 0.2) is 0 Å². The van der Waals surface area contributed by atoms with Crippen LogP contribution in [-0.4, -0.2) is 57.8 Å². The van der Waals surface area contributed by atoms with Crippen LogP contribution in [0.4, 0.5) is 0 Å². The van der Waals surface area contributed by atoms with Crippen molar-refractivity contribution in [2.45, 2.75) is 0 Å². The molecule has 0 aromatic rings. The summed E-state index contributed by atoms with van der Waals surface area (Å²) in [4.78, 5) is 0. The van der Waals surface area contributed by atoms with Crippen molar-refractivity contribution in [3.63, 3.8) is 0 Å². The monoisotopic (exact) mass is 180 g/mol. The van der Waals surface area contributed by atoms with Gasteiger partial charge >= 0.3 is 0 Å². The van der Waals surface area contributed by atoms with Crippen LogP contribution in [0.25, 0.3) is 0 Å². The summed E-state index contributed by atoms with van der Waals surface area (Å²) in [5.41, 5.74) is 0. The Kier molecular flexibility index (Phi) is 2.77. The van der Waals surface area contributed by atoms with Crippen LogP contribution < -0.4 is 0 Å². The Morgan fingerprint density at radius 2 is 1.36 bits per heavy atom. The van der Waals surface area contributed by atoms with E-state index in [4.69, 9.17) is 0 Å². The van der Waals surface area contributed by atoms with Gasteiger partial charge in [-0.15, -0.1) is 0 Å². The Balaban J connectivity index is 2.51. The van der Waals surface area contributed by atoms with Crippen LogP contribution in [0.2, 0.25) is 0 Å². The number of nitrogens with zero attached hydrogens (tertiary/aromatic N) is 2. The van der Waals surface area contributed by atoms with Crippen molar-refractivity contribution in [2.24, 2.45) is 0 Å². The summed E-state index contributed by atoms with van der Waals surface area (Å²) in [7, 11) is 1.65. The Bertz CT molecular complexity index is 129. The topological polar surface area (TPSA) is 46.9 Å². The van der Waals surface area contributed by atoms with Crippen molar-refractivity contribution in [3.05, 3.63) is 0 Å². The lowest BCUT2D eigenvalue weighted by Gasteiger charge is -2.29. The first kappa shape index (κ1) is 9.28. The third-order valence-corrected chi connectivity index (χ3v) is 3.74. The molecule has 0 spiro atoms. The average molecular weight is 180 g/mol. The molecule has 1 fully saturated rings. The Morgan fingerprint density at radius 3 is 1.73 bits per heavy atom. The van der Waals surface area contributed by atoms with E-state index >= 15 is 0 Å². The second kappa shape index (κ2) is 3.28. The zero-order valence-electron chi connectivity index (χ0n) is 7.03. The molecule has 0 aromatic heterocycles. The fourth-order valence-corrected chi connectivity index (χ4v) is 2.32. The minimum atomic E-state index is -2.27. The van der Waals surface area contributed by atoms with Gasteiger partial charge in [-0.05, 0) is 0 Å². The summed E-state index contributed by atoms with van der Waals surface area (Å²) in [6.07, 6.45) is 0. The molecule has 2 N–H and O–H groups in total. The van der Waals surface area contributed by atoms with Crippen molar-refractivity contribution in [1.29, 1.82) is 0 Å². The van der Waals surface area contributed by atoms with E-state index in [1.807, 2.05) is 24.1 Å². The fourth-order valence-electron chi connectivity index (χ4n) is 1.00. The quantitative estimate of drug-likeness (QED) is 0.571. The summed E-state index contributed by atoms with van der Waals surface area (Å²) in [5.74, 6) is 1.02. The first-order chi connectivity index (χ1) is 5.01. The van der Waals surface area contributed by atoms with Crippen LogP contribution in [0.5, 0.6) is 0 Å². The van der Waals surface area contributed by atoms with Crippen molar-refractivity contribution < 1.29 is 9.11 Å². The summed E-state index contributed by atoms with van der Waals surface area (Å²) in [6.45, 7) is 1.47. The molecule has 1 heterocycles. The highest BCUT2D eigenvalue weighted by Gasteiger charge is 2.20. The molecule has 68 valence electrons. The van der Waals surface area contributed by atoms with Crippen LogP contribution in [0.1, 0.15) is 0 Å². The number of hydrogen-bond acceptors (Lipinski definition) is 4. The number of hydrogen-bond donors (Lipinski definition) is 2. The van der Waals surface area contributed by atoms with E-state index in [9.17, 15) is 9.11 Å². The standard InChI is InChI=1S/C6H16N2O2S/c1-7-3-5-11(9,10)6-4-8(7)2/h9-10H,3-6H2,1-2H3. The second-order valence-corrected chi connectivity index (χ2v) is 5.39. The van der Waals surface area contributed by atoms with E-state index in [1.54, 1.807) is 0 Å². The van der Waals surface area contributed by atoms with E-state index in [0.717, 1.165) is 13.1 Å². The molecular formula is C6H16N2O2S. The van der Waals surface area contributed by atoms with Crippen LogP contribution in [0.3, 0.4) is 0 Å². The van der Waals surface area contributed by atoms with Crippen molar-refractivity contribution in [1.82, 2.24) is 10.0 Å². The third-order valence-electron chi connectivity index (χ3n) is 2.07. The lowest BCUT2D eigenvalue weighted by atomic mass is 10.7. The van der Waals surface area contributed by atoms with Gasteiger partial charge < -0.3 is 0 Å². The molecular weight excluding hydrogens is 164 g/mol. The number of rotatable bonds is 0. The van der Waals surface area contributed by atoms with Gasteiger partial charge in [0.2, 0.25) is 0 Å². The van der Waals surface area contributed by atoms with Gasteiger partial charge in [0.05, 0.1) is 11.5 Å². The van der Waals surface area contributed by atoms with Gasteiger partial charge in [-0.2, -0.15) is 10.6 Å². The highest BCUT2D eigenvalue weighted by Crippen LogP contribution is 2.38. The van der Waals surface area contributed by atoms with E-state index in [2.05, 4.69) is 0 Å². The minimum absolute atomic E-state index is 0.508. The molecule has 5 heteroatoms. The maximum Gasteiger partial charge on any atom is 0.0516 e. The minimum Gasteiger partial charge on any atom is -0.299 e. The molecule has 1 aliphatic rings. The maximum atomic E-state index is 9.38. The zero-order chi connectivity index (χ0) is 8.48. The molecule has 0 aliphatic carbocycles. The SMILES string of the molecule is CN1CCS(O)(O)CCN1C. The fraction of sp³-hybridized carbons (Fsp3) is 1.00. The highest BCUT2D eigenvalue weighted by atomic mass is 32.3. The smallest absolute Gasteiger partial charge is 0.0516 e. The third kappa shape index (κ3) is 2.61. The van der Waals surface area contributed by atoms with Gasteiger partial charge in [0, 0.05) is 27.2 Å². The lowest BCUT2D eigenvalue weighted by molar-refractivity contribution is 0.0439. The van der Waals surface area contributed by atoms with Gasteiger partial charge in [0.1, 0.15) is 0 Å². The largest absolute Gasteiger partial charge is 0.299 e. The molecule has 11 heavy (non-hydrogen) atoms. The van der Waals surface area contributed by atoms with E-state index in [0.29, 0.717) is 11.5 Å². The van der Waals surface area contributed by atoms with E-state index in [1.165, 1.54) is 0 Å². The molecule has 1 rings (SSSR count). The summed E-state index contributed by atoms with van der Waals surface area (Å²) < 4.78 is 18.8.